The Labute approximate surface area is 111 Å². The van der Waals surface area contributed by atoms with E-state index in [4.69, 9.17) is 5.73 Å². The molecule has 19 heavy (non-hydrogen) atoms. The van der Waals surface area contributed by atoms with E-state index in [2.05, 4.69) is 0 Å². The molecule has 1 rings (SSSR count). The number of carboxylic acids is 1. The zero-order chi connectivity index (χ0) is 14.7. The quantitative estimate of drug-likeness (QED) is 0.484. The number of nitrogens with two attached hydrogens (primary N) is 1. The van der Waals surface area contributed by atoms with Gasteiger partial charge in [0.1, 0.15) is 0 Å². The first-order chi connectivity index (χ1) is 8.79. The van der Waals surface area contributed by atoms with E-state index < -0.39 is 10.9 Å². The highest BCUT2D eigenvalue weighted by Gasteiger charge is 2.25. The van der Waals surface area contributed by atoms with Crippen LogP contribution >= 0.6 is 0 Å². The number of nitrogens with zero attached hydrogens (tertiary/aromatic N) is 1. The van der Waals surface area contributed by atoms with Gasteiger partial charge in [-0.3, -0.25) is 10.1 Å². The smallest absolute Gasteiger partial charge is 0.338 e. The third-order valence-corrected chi connectivity index (χ3v) is 2.93. The number of hydrogen-bond donors (Lipinski definition) is 2. The molecule has 6 heteroatoms. The second kappa shape index (κ2) is 5.69. The van der Waals surface area contributed by atoms with E-state index in [1.807, 2.05) is 13.8 Å². The molecule has 0 aliphatic carbocycles. The molecule has 1 aromatic rings. The van der Waals surface area contributed by atoms with Gasteiger partial charge in [0.05, 0.1) is 21.7 Å². The summed E-state index contributed by atoms with van der Waals surface area (Å²) >= 11 is 0. The molecule has 0 bridgehead atoms. The fourth-order valence-electron chi connectivity index (χ4n) is 2.17. The maximum atomic E-state index is 11.3. The van der Waals surface area contributed by atoms with Gasteiger partial charge in [-0.15, -0.1) is 0 Å². The van der Waals surface area contributed by atoms with Crippen LogP contribution in [0.3, 0.4) is 0 Å². The number of nitrogen functional groups attached to an aromatic ring is 1. The van der Waals surface area contributed by atoms with E-state index >= 15 is 0 Å². The van der Waals surface area contributed by atoms with Crippen LogP contribution in [0.4, 0.5) is 11.4 Å². The predicted molar refractivity (Wildman–Crippen MR) is 72.4 cm³/mol. The van der Waals surface area contributed by atoms with Crippen molar-refractivity contribution in [1.29, 1.82) is 0 Å². The zero-order valence-corrected chi connectivity index (χ0v) is 11.3. The van der Waals surface area contributed by atoms with Crippen molar-refractivity contribution in [2.75, 3.05) is 5.73 Å². The minimum atomic E-state index is -1.14. The molecule has 0 radical (unpaired) electrons. The average Bonchev–Trinajstić information content (AvgIpc) is 2.26. The minimum Gasteiger partial charge on any atom is -0.478 e. The molecule has 0 atom stereocenters. The molecular weight excluding hydrogens is 248 g/mol. The van der Waals surface area contributed by atoms with Gasteiger partial charge >= 0.3 is 5.97 Å². The highest BCUT2D eigenvalue weighted by Crippen LogP contribution is 2.32. The Hall–Kier alpha value is -2.11. The second-order valence-corrected chi connectivity index (χ2v) is 4.84. The molecule has 0 amide bonds. The van der Waals surface area contributed by atoms with Crippen molar-refractivity contribution in [2.24, 2.45) is 5.92 Å². The summed E-state index contributed by atoms with van der Waals surface area (Å²) in [6.07, 6.45) is 0.765. The van der Waals surface area contributed by atoms with Gasteiger partial charge in [-0.2, -0.15) is 0 Å². The second-order valence-electron chi connectivity index (χ2n) is 4.84. The molecule has 0 aliphatic heterocycles. The lowest BCUT2D eigenvalue weighted by Crippen LogP contribution is -2.13. The van der Waals surface area contributed by atoms with Crippen LogP contribution in [0.25, 0.3) is 0 Å². The molecule has 6 nitrogen and oxygen atoms in total. The minimum absolute atomic E-state index is 0.00356. The Bertz CT molecular complexity index is 524. The molecule has 0 spiro atoms. The van der Waals surface area contributed by atoms with Crippen LogP contribution in [0.2, 0.25) is 0 Å². The van der Waals surface area contributed by atoms with Crippen molar-refractivity contribution in [2.45, 2.75) is 33.6 Å². The number of anilines is 1. The summed E-state index contributed by atoms with van der Waals surface area (Å²) in [7, 11) is 0. The fraction of sp³-hybridized carbons (Fsp3) is 0.462. The molecule has 0 fully saturated rings. The third-order valence-electron chi connectivity index (χ3n) is 2.93. The van der Waals surface area contributed by atoms with Gasteiger partial charge in [-0.05, 0) is 24.3 Å². The molecule has 3 N–H and O–H groups in total. The van der Waals surface area contributed by atoms with E-state index in [-0.39, 0.29) is 28.4 Å². The monoisotopic (exact) mass is 266 g/mol. The van der Waals surface area contributed by atoms with Crippen LogP contribution in [-0.4, -0.2) is 16.0 Å². The summed E-state index contributed by atoms with van der Waals surface area (Å²) in [5.41, 5.74) is 6.45. The maximum absolute atomic E-state index is 11.3. The molecule has 0 heterocycles. The first-order valence-electron chi connectivity index (χ1n) is 6.11. The lowest BCUT2D eigenvalue weighted by molar-refractivity contribution is -0.385. The summed E-state index contributed by atoms with van der Waals surface area (Å²) in [6, 6.07) is 1.35. The summed E-state index contributed by atoms with van der Waals surface area (Å²) in [6.45, 7) is 5.55. The van der Waals surface area contributed by atoms with Crippen molar-refractivity contribution >= 4 is 17.3 Å². The summed E-state index contributed by atoms with van der Waals surface area (Å²) < 4.78 is 0. The van der Waals surface area contributed by atoms with Crippen LogP contribution in [0.5, 0.6) is 0 Å². The summed E-state index contributed by atoms with van der Waals surface area (Å²) in [5, 5.41) is 20.3. The number of carboxylic acid groups (broad SMARTS) is 1. The zero-order valence-electron chi connectivity index (χ0n) is 11.3. The highest BCUT2D eigenvalue weighted by molar-refractivity contribution is 5.97. The van der Waals surface area contributed by atoms with Crippen molar-refractivity contribution in [3.63, 3.8) is 0 Å². The molecular formula is C13H18N2O4. The molecule has 0 saturated heterocycles. The molecule has 1 aromatic carbocycles. The van der Waals surface area contributed by atoms with E-state index in [9.17, 15) is 20.0 Å². The number of hydrogen-bond acceptors (Lipinski definition) is 4. The number of benzene rings is 1. The number of nitro groups is 1. The Morgan fingerprint density at radius 1 is 1.53 bits per heavy atom. The SMILES string of the molecule is CCc1c([N+](=O)[O-])cc(CC(C)C)c(C(=O)O)c1N. The first kappa shape index (κ1) is 14.9. The Balaban J connectivity index is 3.61. The van der Waals surface area contributed by atoms with E-state index in [0.29, 0.717) is 18.4 Å². The van der Waals surface area contributed by atoms with Gasteiger partial charge in [0.25, 0.3) is 5.69 Å². The Morgan fingerprint density at radius 2 is 2.11 bits per heavy atom. The van der Waals surface area contributed by atoms with Gasteiger partial charge in [-0.1, -0.05) is 20.8 Å². The normalized spacial score (nSPS) is 10.7. The summed E-state index contributed by atoms with van der Waals surface area (Å²) in [4.78, 5) is 21.9. The standard InChI is InChI=1S/C13H18N2O4/c1-4-9-10(15(18)19)6-8(5-7(2)3)11(12(9)14)13(16)17/h6-7H,4-5,14H2,1-3H3,(H,16,17). The average molecular weight is 266 g/mol. The Kier molecular flexibility index (Phi) is 4.47. The Morgan fingerprint density at radius 3 is 2.47 bits per heavy atom. The topological polar surface area (TPSA) is 106 Å². The summed E-state index contributed by atoms with van der Waals surface area (Å²) in [5.74, 6) is -0.956. The van der Waals surface area contributed by atoms with Crippen LogP contribution in [0.15, 0.2) is 6.07 Å². The van der Waals surface area contributed by atoms with E-state index in [0.717, 1.165) is 0 Å². The van der Waals surface area contributed by atoms with E-state index in [1.54, 1.807) is 6.92 Å². The highest BCUT2D eigenvalue weighted by atomic mass is 16.6. The van der Waals surface area contributed by atoms with Gasteiger partial charge in [0.2, 0.25) is 0 Å². The number of carbonyl (C=O) groups is 1. The van der Waals surface area contributed by atoms with Crippen molar-refractivity contribution < 1.29 is 14.8 Å². The van der Waals surface area contributed by atoms with Gasteiger partial charge in [0, 0.05) is 6.07 Å². The molecule has 0 saturated carbocycles. The first-order valence-corrected chi connectivity index (χ1v) is 6.11. The van der Waals surface area contributed by atoms with Crippen molar-refractivity contribution in [3.05, 3.63) is 32.9 Å². The lowest BCUT2D eigenvalue weighted by Gasteiger charge is -2.14. The molecule has 0 aliphatic rings. The molecule has 0 unspecified atom stereocenters. The third kappa shape index (κ3) is 3.01. The van der Waals surface area contributed by atoms with Gasteiger partial charge < -0.3 is 10.8 Å². The number of rotatable bonds is 5. The predicted octanol–water partition coefficient (Wildman–Crippen LogP) is 2.64. The molecule has 104 valence electrons. The molecule has 0 aromatic heterocycles. The van der Waals surface area contributed by atoms with Gasteiger partial charge in [0.15, 0.2) is 0 Å². The van der Waals surface area contributed by atoms with Gasteiger partial charge in [-0.25, -0.2) is 4.79 Å². The number of nitro benzene ring substituents is 1. The lowest BCUT2D eigenvalue weighted by atomic mass is 9.92. The van der Waals surface area contributed by atoms with Crippen LogP contribution in [-0.2, 0) is 12.8 Å². The van der Waals surface area contributed by atoms with Crippen LogP contribution in [0, 0.1) is 16.0 Å². The van der Waals surface area contributed by atoms with Crippen molar-refractivity contribution in [1.82, 2.24) is 0 Å². The van der Waals surface area contributed by atoms with Crippen LogP contribution < -0.4 is 5.73 Å². The maximum Gasteiger partial charge on any atom is 0.338 e. The van der Waals surface area contributed by atoms with Crippen LogP contribution in [0.1, 0.15) is 42.3 Å². The largest absolute Gasteiger partial charge is 0.478 e. The fourth-order valence-corrected chi connectivity index (χ4v) is 2.17. The van der Waals surface area contributed by atoms with Crippen molar-refractivity contribution in [3.8, 4) is 0 Å². The van der Waals surface area contributed by atoms with E-state index in [1.165, 1.54) is 6.07 Å². The number of aromatic carboxylic acids is 1.